The molecule has 0 spiro atoms. The third-order valence-corrected chi connectivity index (χ3v) is 2.91. The number of nitrogens with zero attached hydrogens (tertiary/aromatic N) is 2. The molecule has 0 radical (unpaired) electrons. The zero-order chi connectivity index (χ0) is 13.8. The monoisotopic (exact) mass is 255 g/mol. The molecule has 1 aromatic heterocycles. The summed E-state index contributed by atoms with van der Waals surface area (Å²) in [6.07, 6.45) is 1.67. The van der Waals surface area contributed by atoms with Gasteiger partial charge >= 0.3 is 0 Å². The average Bonchev–Trinajstić information content (AvgIpc) is 2.26. The number of hydrogen-bond acceptors (Lipinski definition) is 3. The lowest BCUT2D eigenvalue weighted by molar-refractivity contribution is 0.631. The summed E-state index contributed by atoms with van der Waals surface area (Å²) in [4.78, 5) is 8.94. The van der Waals surface area contributed by atoms with E-state index in [1.165, 1.54) is 11.1 Å². The standard InChI is InChI=1S/C16H21N3/c1-11(2)7-14-10-15(17)19-16(18-14)9-13-6-4-5-12(3)8-13/h4-6,8,10-11H,7,9H2,1-3H3,(H2,17,18,19). The van der Waals surface area contributed by atoms with Gasteiger partial charge in [-0.2, -0.15) is 0 Å². The van der Waals surface area contributed by atoms with E-state index < -0.39 is 0 Å². The summed E-state index contributed by atoms with van der Waals surface area (Å²) in [5.74, 6) is 1.94. The predicted octanol–water partition coefficient (Wildman–Crippen LogP) is 3.16. The van der Waals surface area contributed by atoms with E-state index in [-0.39, 0.29) is 0 Å². The molecule has 0 atom stereocenters. The largest absolute Gasteiger partial charge is 0.384 e. The van der Waals surface area contributed by atoms with Crippen molar-refractivity contribution < 1.29 is 0 Å². The number of hydrogen-bond donors (Lipinski definition) is 1. The minimum absolute atomic E-state index is 0.563. The zero-order valence-electron chi connectivity index (χ0n) is 11.9. The van der Waals surface area contributed by atoms with Crippen LogP contribution in [0.2, 0.25) is 0 Å². The molecule has 2 rings (SSSR count). The van der Waals surface area contributed by atoms with Crippen LogP contribution < -0.4 is 5.73 Å². The van der Waals surface area contributed by atoms with Crippen LogP contribution in [-0.2, 0) is 12.8 Å². The molecule has 1 aromatic carbocycles. The molecule has 0 bridgehead atoms. The Bertz CT molecular complexity index is 562. The molecule has 3 nitrogen and oxygen atoms in total. The fourth-order valence-electron chi connectivity index (χ4n) is 2.18. The fraction of sp³-hybridized carbons (Fsp3) is 0.375. The molecule has 2 N–H and O–H groups in total. The number of anilines is 1. The van der Waals surface area contributed by atoms with Crippen LogP contribution in [0, 0.1) is 12.8 Å². The molecule has 3 heteroatoms. The Morgan fingerprint density at radius 1 is 1.16 bits per heavy atom. The first-order chi connectivity index (χ1) is 9.02. The van der Waals surface area contributed by atoms with E-state index in [1.807, 2.05) is 6.07 Å². The van der Waals surface area contributed by atoms with E-state index in [0.29, 0.717) is 11.7 Å². The fourth-order valence-corrected chi connectivity index (χ4v) is 2.18. The van der Waals surface area contributed by atoms with Crippen molar-refractivity contribution in [3.05, 3.63) is 53.0 Å². The minimum Gasteiger partial charge on any atom is -0.384 e. The van der Waals surface area contributed by atoms with Gasteiger partial charge in [-0.15, -0.1) is 0 Å². The zero-order valence-corrected chi connectivity index (χ0v) is 11.9. The normalized spacial score (nSPS) is 10.9. The summed E-state index contributed by atoms with van der Waals surface area (Å²) < 4.78 is 0. The van der Waals surface area contributed by atoms with Crippen LogP contribution in [0.3, 0.4) is 0 Å². The predicted molar refractivity (Wildman–Crippen MR) is 79.0 cm³/mol. The quantitative estimate of drug-likeness (QED) is 0.913. The summed E-state index contributed by atoms with van der Waals surface area (Å²) in [6.45, 7) is 6.45. The summed E-state index contributed by atoms with van der Waals surface area (Å²) in [6, 6.07) is 10.3. The van der Waals surface area contributed by atoms with Gasteiger partial charge in [-0.05, 0) is 24.8 Å². The van der Waals surface area contributed by atoms with Crippen LogP contribution >= 0.6 is 0 Å². The van der Waals surface area contributed by atoms with Crippen molar-refractivity contribution >= 4 is 5.82 Å². The van der Waals surface area contributed by atoms with Crippen LogP contribution in [0.25, 0.3) is 0 Å². The second kappa shape index (κ2) is 5.83. The molecule has 0 aliphatic rings. The molecule has 100 valence electrons. The molecule has 0 unspecified atom stereocenters. The number of nitrogen functional groups attached to an aromatic ring is 1. The summed E-state index contributed by atoms with van der Waals surface area (Å²) >= 11 is 0. The van der Waals surface area contributed by atoms with Crippen molar-refractivity contribution in [2.24, 2.45) is 5.92 Å². The number of nitrogens with two attached hydrogens (primary N) is 1. The van der Waals surface area contributed by atoms with E-state index in [4.69, 9.17) is 5.73 Å². The molecule has 0 aliphatic carbocycles. The molecular weight excluding hydrogens is 234 g/mol. The smallest absolute Gasteiger partial charge is 0.135 e. The molecule has 2 aromatic rings. The highest BCUT2D eigenvalue weighted by molar-refractivity contribution is 5.32. The highest BCUT2D eigenvalue weighted by atomic mass is 14.9. The van der Waals surface area contributed by atoms with Gasteiger partial charge in [0.25, 0.3) is 0 Å². The van der Waals surface area contributed by atoms with Crippen molar-refractivity contribution in [1.82, 2.24) is 9.97 Å². The van der Waals surface area contributed by atoms with Gasteiger partial charge in [0.2, 0.25) is 0 Å². The van der Waals surface area contributed by atoms with Crippen LogP contribution in [0.15, 0.2) is 30.3 Å². The van der Waals surface area contributed by atoms with Crippen molar-refractivity contribution in [2.75, 3.05) is 5.73 Å². The van der Waals surface area contributed by atoms with E-state index in [2.05, 4.69) is 55.0 Å². The Kier molecular flexibility index (Phi) is 4.15. The van der Waals surface area contributed by atoms with Gasteiger partial charge in [0, 0.05) is 18.2 Å². The molecular formula is C16H21N3. The van der Waals surface area contributed by atoms with Gasteiger partial charge in [0.05, 0.1) is 0 Å². The first kappa shape index (κ1) is 13.5. The highest BCUT2D eigenvalue weighted by Crippen LogP contribution is 2.13. The van der Waals surface area contributed by atoms with Crippen LogP contribution in [0.4, 0.5) is 5.82 Å². The molecule has 0 aliphatic heterocycles. The van der Waals surface area contributed by atoms with E-state index in [1.54, 1.807) is 0 Å². The van der Waals surface area contributed by atoms with Gasteiger partial charge in [0.15, 0.2) is 0 Å². The lowest BCUT2D eigenvalue weighted by Gasteiger charge is -2.08. The third kappa shape index (κ3) is 4.05. The number of aryl methyl sites for hydroxylation is 1. The average molecular weight is 255 g/mol. The summed E-state index contributed by atoms with van der Waals surface area (Å²) in [5, 5.41) is 0. The van der Waals surface area contributed by atoms with E-state index in [0.717, 1.165) is 24.4 Å². The number of aromatic nitrogens is 2. The van der Waals surface area contributed by atoms with Crippen LogP contribution in [0.5, 0.6) is 0 Å². The molecule has 0 saturated heterocycles. The molecule has 0 amide bonds. The Morgan fingerprint density at radius 3 is 2.63 bits per heavy atom. The Balaban J connectivity index is 2.22. The first-order valence-corrected chi connectivity index (χ1v) is 6.71. The Hall–Kier alpha value is -1.90. The topological polar surface area (TPSA) is 51.8 Å². The van der Waals surface area contributed by atoms with Crippen molar-refractivity contribution in [3.8, 4) is 0 Å². The first-order valence-electron chi connectivity index (χ1n) is 6.71. The van der Waals surface area contributed by atoms with Crippen LogP contribution in [-0.4, -0.2) is 9.97 Å². The van der Waals surface area contributed by atoms with Crippen molar-refractivity contribution in [3.63, 3.8) is 0 Å². The Morgan fingerprint density at radius 2 is 1.95 bits per heavy atom. The minimum atomic E-state index is 0.563. The number of benzene rings is 1. The van der Waals surface area contributed by atoms with Crippen molar-refractivity contribution in [1.29, 1.82) is 0 Å². The third-order valence-electron chi connectivity index (χ3n) is 2.91. The van der Waals surface area contributed by atoms with Crippen LogP contribution in [0.1, 0.15) is 36.5 Å². The lowest BCUT2D eigenvalue weighted by atomic mass is 10.1. The van der Waals surface area contributed by atoms with E-state index in [9.17, 15) is 0 Å². The molecule has 1 heterocycles. The maximum atomic E-state index is 5.87. The highest BCUT2D eigenvalue weighted by Gasteiger charge is 2.06. The summed E-state index contributed by atoms with van der Waals surface area (Å²) in [5.41, 5.74) is 9.38. The molecule has 19 heavy (non-hydrogen) atoms. The van der Waals surface area contributed by atoms with Crippen molar-refractivity contribution in [2.45, 2.75) is 33.6 Å². The molecule has 0 fully saturated rings. The SMILES string of the molecule is Cc1cccc(Cc2nc(N)cc(CC(C)C)n2)c1. The second-order valence-corrected chi connectivity index (χ2v) is 5.46. The van der Waals surface area contributed by atoms with Gasteiger partial charge < -0.3 is 5.73 Å². The summed E-state index contributed by atoms with van der Waals surface area (Å²) in [7, 11) is 0. The number of rotatable bonds is 4. The maximum absolute atomic E-state index is 5.87. The van der Waals surface area contributed by atoms with Gasteiger partial charge in [-0.3, -0.25) is 0 Å². The molecule has 0 saturated carbocycles. The van der Waals surface area contributed by atoms with Gasteiger partial charge in [0.1, 0.15) is 11.6 Å². The van der Waals surface area contributed by atoms with Gasteiger partial charge in [-0.25, -0.2) is 9.97 Å². The van der Waals surface area contributed by atoms with Gasteiger partial charge in [-0.1, -0.05) is 43.7 Å². The maximum Gasteiger partial charge on any atom is 0.135 e. The second-order valence-electron chi connectivity index (χ2n) is 5.46. The Labute approximate surface area is 114 Å². The lowest BCUT2D eigenvalue weighted by Crippen LogP contribution is -2.06. The van der Waals surface area contributed by atoms with E-state index >= 15 is 0 Å².